The van der Waals surface area contributed by atoms with E-state index < -0.39 is 16.1 Å². The zero-order valence-electron chi connectivity index (χ0n) is 18.0. The summed E-state index contributed by atoms with van der Waals surface area (Å²) in [6.45, 7) is 3.88. The first-order valence-corrected chi connectivity index (χ1v) is 12.2. The maximum Gasteiger partial charge on any atom is 0.261 e. The maximum atomic E-state index is 12.8. The molecule has 6 nitrogen and oxygen atoms in total. The number of carbonyl (C=O) groups is 1. The van der Waals surface area contributed by atoms with Gasteiger partial charge < -0.3 is 10.1 Å². The lowest BCUT2D eigenvalue weighted by molar-refractivity contribution is -0.128. The van der Waals surface area contributed by atoms with Gasteiger partial charge in [-0.1, -0.05) is 25.1 Å². The molecule has 1 aliphatic carbocycles. The topological polar surface area (TPSA) is 75.7 Å². The van der Waals surface area contributed by atoms with Crippen molar-refractivity contribution in [3.63, 3.8) is 0 Å². The molecule has 7 heteroatoms. The summed E-state index contributed by atoms with van der Waals surface area (Å²) in [6.07, 6.45) is 4.49. The molecule has 0 unspecified atom stereocenters. The van der Waals surface area contributed by atoms with Crippen LogP contribution in [0.4, 0.5) is 5.69 Å². The minimum Gasteiger partial charge on any atom is -0.481 e. The van der Waals surface area contributed by atoms with E-state index in [-0.39, 0.29) is 11.9 Å². The highest BCUT2D eigenvalue weighted by molar-refractivity contribution is 7.92. The van der Waals surface area contributed by atoms with Crippen molar-refractivity contribution in [2.75, 3.05) is 17.6 Å². The lowest BCUT2D eigenvalue weighted by atomic mass is 10.0. The third kappa shape index (κ3) is 5.14. The van der Waals surface area contributed by atoms with Crippen molar-refractivity contribution in [1.29, 1.82) is 0 Å². The van der Waals surface area contributed by atoms with Gasteiger partial charge in [-0.15, -0.1) is 0 Å². The van der Waals surface area contributed by atoms with E-state index >= 15 is 0 Å². The zero-order chi connectivity index (χ0) is 21.9. The number of anilines is 1. The summed E-state index contributed by atoms with van der Waals surface area (Å²) in [4.78, 5) is 12.8. The van der Waals surface area contributed by atoms with Crippen LogP contribution in [0.2, 0.25) is 0 Å². The highest BCUT2D eigenvalue weighted by atomic mass is 32.2. The largest absolute Gasteiger partial charge is 0.481 e. The summed E-state index contributed by atoms with van der Waals surface area (Å²) in [5, 5.41) is 3.06. The number of nitrogens with one attached hydrogen (secondary N) is 1. The van der Waals surface area contributed by atoms with Crippen LogP contribution < -0.4 is 14.4 Å². The Balaban J connectivity index is 1.63. The van der Waals surface area contributed by atoms with E-state index in [1.807, 2.05) is 13.8 Å². The van der Waals surface area contributed by atoms with Gasteiger partial charge in [0.2, 0.25) is 10.0 Å². The van der Waals surface area contributed by atoms with Gasteiger partial charge in [0.05, 0.1) is 18.0 Å². The molecule has 0 spiro atoms. The first-order valence-electron chi connectivity index (χ1n) is 10.3. The van der Waals surface area contributed by atoms with E-state index in [2.05, 4.69) is 23.5 Å². The molecule has 2 atom stereocenters. The van der Waals surface area contributed by atoms with Crippen molar-refractivity contribution in [3.8, 4) is 5.75 Å². The van der Waals surface area contributed by atoms with Gasteiger partial charge >= 0.3 is 0 Å². The fourth-order valence-corrected chi connectivity index (χ4v) is 4.17. The number of nitrogens with zero attached hydrogens (tertiary/aromatic N) is 1. The molecule has 162 valence electrons. The van der Waals surface area contributed by atoms with Gasteiger partial charge in [0.25, 0.3) is 5.91 Å². The summed E-state index contributed by atoms with van der Waals surface area (Å²) in [5.41, 5.74) is 4.44. The van der Waals surface area contributed by atoms with Crippen LogP contribution in [0.1, 0.15) is 49.4 Å². The quantitative estimate of drug-likeness (QED) is 0.694. The molecule has 0 aromatic heterocycles. The second-order valence-corrected chi connectivity index (χ2v) is 9.86. The van der Waals surface area contributed by atoms with Crippen LogP contribution in [-0.4, -0.2) is 33.7 Å². The second kappa shape index (κ2) is 9.08. The maximum absolute atomic E-state index is 12.8. The average Bonchev–Trinajstić information content (AvgIpc) is 3.19. The molecule has 1 amide bonds. The standard InChI is InChI=1S/C23H30N2O4S/c1-5-22(29-21-13-11-20(12-14-21)25(3)30(4,27)28)23(26)24-16(2)18-10-9-17-7-6-8-19(17)15-18/h9-16,22H,5-8H2,1-4H3,(H,24,26)/t16-,22-/m0/s1. The Labute approximate surface area is 179 Å². The molecule has 0 aliphatic heterocycles. The van der Waals surface area contributed by atoms with Crippen LogP contribution in [0.5, 0.6) is 5.75 Å². The SMILES string of the molecule is CC[C@H](Oc1ccc(N(C)S(C)(=O)=O)cc1)C(=O)N[C@@H](C)c1ccc2c(c1)CCC2. The Morgan fingerprint density at radius 2 is 1.80 bits per heavy atom. The Morgan fingerprint density at radius 1 is 1.13 bits per heavy atom. The zero-order valence-corrected chi connectivity index (χ0v) is 18.8. The summed E-state index contributed by atoms with van der Waals surface area (Å²) >= 11 is 0. The minimum atomic E-state index is -3.33. The number of hydrogen-bond acceptors (Lipinski definition) is 4. The van der Waals surface area contributed by atoms with Crippen molar-refractivity contribution in [2.45, 2.75) is 51.7 Å². The van der Waals surface area contributed by atoms with Gasteiger partial charge in [-0.3, -0.25) is 9.10 Å². The van der Waals surface area contributed by atoms with Gasteiger partial charge in [-0.25, -0.2) is 8.42 Å². The van der Waals surface area contributed by atoms with E-state index in [0.29, 0.717) is 17.9 Å². The molecule has 1 N–H and O–H groups in total. The molecule has 0 heterocycles. The monoisotopic (exact) mass is 430 g/mol. The van der Waals surface area contributed by atoms with Crippen molar-refractivity contribution in [3.05, 3.63) is 59.2 Å². The molecule has 0 fully saturated rings. The summed E-state index contributed by atoms with van der Waals surface area (Å²) in [5.74, 6) is 0.357. The normalized spacial score (nSPS) is 15.2. The fraction of sp³-hybridized carbons (Fsp3) is 0.435. The number of hydrogen-bond donors (Lipinski definition) is 1. The Hall–Kier alpha value is -2.54. The van der Waals surface area contributed by atoms with Gasteiger partial charge in [0, 0.05) is 7.05 Å². The number of rotatable bonds is 8. The Bertz CT molecular complexity index is 1000. The Kier molecular flexibility index (Phi) is 6.71. The van der Waals surface area contributed by atoms with Crippen LogP contribution in [0.15, 0.2) is 42.5 Å². The molecule has 0 saturated carbocycles. The van der Waals surface area contributed by atoms with E-state index in [1.165, 1.54) is 28.9 Å². The second-order valence-electron chi connectivity index (χ2n) is 7.85. The molecule has 1 aliphatic rings. The predicted octanol–water partition coefficient (Wildman–Crippen LogP) is 3.61. The molecule has 3 rings (SSSR count). The van der Waals surface area contributed by atoms with Crippen LogP contribution >= 0.6 is 0 Å². The predicted molar refractivity (Wildman–Crippen MR) is 119 cm³/mol. The van der Waals surface area contributed by atoms with E-state index in [4.69, 9.17) is 4.74 Å². The summed E-state index contributed by atoms with van der Waals surface area (Å²) in [7, 11) is -1.83. The number of ether oxygens (including phenoxy) is 1. The number of carbonyl (C=O) groups excluding carboxylic acids is 1. The first-order chi connectivity index (χ1) is 14.2. The van der Waals surface area contributed by atoms with Crippen LogP contribution in [0.25, 0.3) is 0 Å². The van der Waals surface area contributed by atoms with Gasteiger partial charge in [0.15, 0.2) is 6.10 Å². The fourth-order valence-electron chi connectivity index (χ4n) is 3.66. The number of benzene rings is 2. The number of sulfonamides is 1. The molecule has 0 saturated heterocycles. The number of aryl methyl sites for hydroxylation is 2. The molecule has 0 radical (unpaired) electrons. The third-order valence-corrected chi connectivity index (χ3v) is 6.83. The molecular weight excluding hydrogens is 400 g/mol. The average molecular weight is 431 g/mol. The molecule has 0 bridgehead atoms. The summed E-state index contributed by atoms with van der Waals surface area (Å²) < 4.78 is 30.4. The van der Waals surface area contributed by atoms with Crippen molar-refractivity contribution < 1.29 is 17.9 Å². The smallest absolute Gasteiger partial charge is 0.261 e. The molecular formula is C23H30N2O4S. The summed E-state index contributed by atoms with van der Waals surface area (Å²) in [6, 6.07) is 13.0. The van der Waals surface area contributed by atoms with Gasteiger partial charge in [-0.2, -0.15) is 0 Å². The van der Waals surface area contributed by atoms with Crippen molar-refractivity contribution in [2.24, 2.45) is 0 Å². The third-order valence-electron chi connectivity index (χ3n) is 5.62. The van der Waals surface area contributed by atoms with Crippen molar-refractivity contribution in [1.82, 2.24) is 5.32 Å². The van der Waals surface area contributed by atoms with E-state index in [9.17, 15) is 13.2 Å². The molecule has 2 aromatic rings. The molecule has 30 heavy (non-hydrogen) atoms. The highest BCUT2D eigenvalue weighted by Gasteiger charge is 2.22. The highest BCUT2D eigenvalue weighted by Crippen LogP contribution is 2.26. The van der Waals surface area contributed by atoms with Gasteiger partial charge in [-0.05, 0) is 73.6 Å². The van der Waals surface area contributed by atoms with E-state index in [0.717, 1.165) is 24.7 Å². The lowest BCUT2D eigenvalue weighted by Gasteiger charge is -2.22. The lowest BCUT2D eigenvalue weighted by Crippen LogP contribution is -2.39. The van der Waals surface area contributed by atoms with Gasteiger partial charge in [0.1, 0.15) is 5.75 Å². The van der Waals surface area contributed by atoms with Crippen LogP contribution in [0.3, 0.4) is 0 Å². The number of fused-ring (bicyclic) bond motifs is 1. The first kappa shape index (κ1) is 22.2. The van der Waals surface area contributed by atoms with Crippen LogP contribution in [0, 0.1) is 0 Å². The van der Waals surface area contributed by atoms with Crippen molar-refractivity contribution >= 4 is 21.6 Å². The number of amides is 1. The minimum absolute atomic E-state index is 0.105. The molecule has 2 aromatic carbocycles. The van der Waals surface area contributed by atoms with E-state index in [1.54, 1.807) is 24.3 Å². The van der Waals surface area contributed by atoms with Crippen LogP contribution in [-0.2, 0) is 27.7 Å². The Morgan fingerprint density at radius 3 is 2.43 bits per heavy atom.